The van der Waals surface area contributed by atoms with E-state index in [0.717, 1.165) is 19.2 Å². The van der Waals surface area contributed by atoms with Crippen LogP contribution in [-0.4, -0.2) is 50.3 Å². The average molecular weight is 254 g/mol. The topological polar surface area (TPSA) is 24.5 Å². The van der Waals surface area contributed by atoms with Crippen molar-refractivity contribution in [1.29, 1.82) is 0 Å². The molecule has 1 atom stereocenters. The number of nitrogens with one attached hydrogen (secondary N) is 1. The molecule has 2 rings (SSSR count). The van der Waals surface area contributed by atoms with Crippen LogP contribution in [-0.2, 0) is 4.74 Å². The van der Waals surface area contributed by atoms with E-state index in [1.807, 2.05) is 0 Å². The van der Waals surface area contributed by atoms with E-state index in [2.05, 4.69) is 17.3 Å². The summed E-state index contributed by atoms with van der Waals surface area (Å²) in [6, 6.07) is 0.877. The van der Waals surface area contributed by atoms with E-state index < -0.39 is 0 Å². The van der Waals surface area contributed by atoms with Gasteiger partial charge in [-0.3, -0.25) is 0 Å². The van der Waals surface area contributed by atoms with Crippen molar-refractivity contribution >= 4 is 0 Å². The Hall–Kier alpha value is -0.120. The van der Waals surface area contributed by atoms with E-state index >= 15 is 0 Å². The summed E-state index contributed by atoms with van der Waals surface area (Å²) in [6.07, 6.45) is 11.3. The molecular weight excluding hydrogens is 224 g/mol. The lowest BCUT2D eigenvalue weighted by molar-refractivity contribution is 0.0807. The third-order valence-corrected chi connectivity index (χ3v) is 4.02. The minimum absolute atomic E-state index is 0.512. The van der Waals surface area contributed by atoms with Crippen molar-refractivity contribution < 1.29 is 4.74 Å². The number of nitrogens with zero attached hydrogens (tertiary/aromatic N) is 1. The van der Waals surface area contributed by atoms with Crippen molar-refractivity contribution in [1.82, 2.24) is 10.2 Å². The molecule has 1 saturated carbocycles. The fourth-order valence-electron chi connectivity index (χ4n) is 2.68. The van der Waals surface area contributed by atoms with Gasteiger partial charge in [0.15, 0.2) is 0 Å². The first-order valence-corrected chi connectivity index (χ1v) is 7.88. The van der Waals surface area contributed by atoms with Gasteiger partial charge in [-0.15, -0.1) is 0 Å². The molecule has 1 N–H and O–H groups in total. The normalized spacial score (nSPS) is 24.0. The number of unbranched alkanes of at least 4 members (excludes halogenated alkanes) is 3. The summed E-state index contributed by atoms with van der Waals surface area (Å²) in [6.45, 7) is 4.57. The Morgan fingerprint density at radius 1 is 1.11 bits per heavy atom. The number of likely N-dealkylation sites (N-methyl/N-ethyl adjacent to an activating group) is 1. The van der Waals surface area contributed by atoms with Crippen molar-refractivity contribution in [3.63, 3.8) is 0 Å². The summed E-state index contributed by atoms with van der Waals surface area (Å²) in [7, 11) is 2.23. The Morgan fingerprint density at radius 2 is 1.94 bits per heavy atom. The molecule has 1 unspecified atom stereocenters. The summed E-state index contributed by atoms with van der Waals surface area (Å²) in [5.74, 6) is 0. The molecule has 0 radical (unpaired) electrons. The second-order valence-electron chi connectivity index (χ2n) is 6.04. The molecule has 3 nitrogen and oxygen atoms in total. The Labute approximate surface area is 112 Å². The molecule has 1 heterocycles. The van der Waals surface area contributed by atoms with E-state index in [1.54, 1.807) is 0 Å². The molecule has 1 aliphatic heterocycles. The standard InChI is InChI=1S/C15H30N2O/c1-17(13-15-7-6-12-18-15)11-5-3-2-4-10-16-14-8-9-14/h14-16H,2-13H2,1H3. The Morgan fingerprint density at radius 3 is 2.67 bits per heavy atom. The lowest BCUT2D eigenvalue weighted by Gasteiger charge is -2.20. The summed E-state index contributed by atoms with van der Waals surface area (Å²) in [4.78, 5) is 2.44. The Bertz CT molecular complexity index is 213. The maximum absolute atomic E-state index is 5.66. The molecule has 0 spiro atoms. The van der Waals surface area contributed by atoms with Crippen molar-refractivity contribution in [3.8, 4) is 0 Å². The molecule has 2 fully saturated rings. The van der Waals surface area contributed by atoms with Gasteiger partial charge in [0.1, 0.15) is 0 Å². The number of rotatable bonds is 10. The zero-order valence-corrected chi connectivity index (χ0v) is 12.0. The van der Waals surface area contributed by atoms with Crippen LogP contribution in [0.1, 0.15) is 51.4 Å². The van der Waals surface area contributed by atoms with Gasteiger partial charge in [0.05, 0.1) is 6.10 Å². The first kappa shape index (κ1) is 14.3. The van der Waals surface area contributed by atoms with Gasteiger partial charge in [-0.2, -0.15) is 0 Å². The minimum Gasteiger partial charge on any atom is -0.377 e. The Balaban J connectivity index is 1.35. The third-order valence-electron chi connectivity index (χ3n) is 4.02. The number of ether oxygens (including phenoxy) is 1. The van der Waals surface area contributed by atoms with Gasteiger partial charge in [-0.25, -0.2) is 0 Å². The van der Waals surface area contributed by atoms with Gasteiger partial charge in [-0.1, -0.05) is 12.8 Å². The van der Waals surface area contributed by atoms with E-state index in [-0.39, 0.29) is 0 Å². The molecule has 1 aliphatic carbocycles. The highest BCUT2D eigenvalue weighted by Gasteiger charge is 2.19. The van der Waals surface area contributed by atoms with Crippen LogP contribution in [0.25, 0.3) is 0 Å². The molecule has 18 heavy (non-hydrogen) atoms. The summed E-state index contributed by atoms with van der Waals surface area (Å²) in [5.41, 5.74) is 0. The predicted octanol–water partition coefficient (Wildman–Crippen LogP) is 2.41. The highest BCUT2D eigenvalue weighted by atomic mass is 16.5. The van der Waals surface area contributed by atoms with E-state index in [0.29, 0.717) is 6.10 Å². The van der Waals surface area contributed by atoms with Crippen LogP contribution in [0.4, 0.5) is 0 Å². The largest absolute Gasteiger partial charge is 0.377 e. The summed E-state index contributed by atoms with van der Waals surface area (Å²) < 4.78 is 5.66. The van der Waals surface area contributed by atoms with E-state index in [1.165, 1.54) is 64.5 Å². The maximum Gasteiger partial charge on any atom is 0.0702 e. The SMILES string of the molecule is CN(CCCCCCNC1CC1)CC1CCCO1. The van der Waals surface area contributed by atoms with Crippen LogP contribution in [0.5, 0.6) is 0 Å². The van der Waals surface area contributed by atoms with Crippen molar-refractivity contribution in [2.75, 3.05) is 33.3 Å². The highest BCUT2D eigenvalue weighted by Crippen LogP contribution is 2.18. The second kappa shape index (κ2) is 8.13. The molecule has 3 heteroatoms. The molecule has 2 aliphatic rings. The average Bonchev–Trinajstić information content (AvgIpc) is 3.04. The van der Waals surface area contributed by atoms with E-state index in [9.17, 15) is 0 Å². The summed E-state index contributed by atoms with van der Waals surface area (Å²) in [5, 5.41) is 3.58. The fourth-order valence-corrected chi connectivity index (χ4v) is 2.68. The molecule has 0 bridgehead atoms. The number of hydrogen-bond acceptors (Lipinski definition) is 3. The van der Waals surface area contributed by atoms with Crippen LogP contribution < -0.4 is 5.32 Å². The van der Waals surface area contributed by atoms with Gasteiger partial charge in [0, 0.05) is 19.2 Å². The molecule has 0 aromatic rings. The smallest absolute Gasteiger partial charge is 0.0702 e. The van der Waals surface area contributed by atoms with Crippen molar-refractivity contribution in [2.24, 2.45) is 0 Å². The molecule has 106 valence electrons. The third kappa shape index (κ3) is 6.17. The summed E-state index contributed by atoms with van der Waals surface area (Å²) >= 11 is 0. The molecule has 0 aromatic carbocycles. The van der Waals surface area contributed by atoms with Gasteiger partial charge < -0.3 is 15.0 Å². The van der Waals surface area contributed by atoms with Crippen molar-refractivity contribution in [2.45, 2.75) is 63.5 Å². The van der Waals surface area contributed by atoms with Gasteiger partial charge in [-0.05, 0) is 58.7 Å². The van der Waals surface area contributed by atoms with E-state index in [4.69, 9.17) is 4.74 Å². The number of hydrogen-bond donors (Lipinski definition) is 1. The van der Waals surface area contributed by atoms with Crippen LogP contribution >= 0.6 is 0 Å². The zero-order chi connectivity index (χ0) is 12.6. The van der Waals surface area contributed by atoms with Gasteiger partial charge in [0.25, 0.3) is 0 Å². The van der Waals surface area contributed by atoms with Gasteiger partial charge in [0.2, 0.25) is 0 Å². The Kier molecular flexibility index (Phi) is 6.46. The monoisotopic (exact) mass is 254 g/mol. The van der Waals surface area contributed by atoms with Crippen LogP contribution in [0, 0.1) is 0 Å². The highest BCUT2D eigenvalue weighted by molar-refractivity contribution is 4.80. The predicted molar refractivity (Wildman–Crippen MR) is 76.0 cm³/mol. The quantitative estimate of drug-likeness (QED) is 0.606. The van der Waals surface area contributed by atoms with Crippen LogP contribution in [0.2, 0.25) is 0 Å². The minimum atomic E-state index is 0.512. The van der Waals surface area contributed by atoms with Crippen molar-refractivity contribution in [3.05, 3.63) is 0 Å². The lowest BCUT2D eigenvalue weighted by atomic mass is 10.2. The first-order chi connectivity index (χ1) is 8.84. The van der Waals surface area contributed by atoms with Crippen LogP contribution in [0.3, 0.4) is 0 Å². The lowest BCUT2D eigenvalue weighted by Crippen LogP contribution is -2.29. The fraction of sp³-hybridized carbons (Fsp3) is 1.00. The molecular formula is C15H30N2O. The molecule has 0 aromatic heterocycles. The van der Waals surface area contributed by atoms with Gasteiger partial charge >= 0.3 is 0 Å². The zero-order valence-electron chi connectivity index (χ0n) is 12.0. The first-order valence-electron chi connectivity index (χ1n) is 7.88. The molecule has 0 amide bonds. The second-order valence-corrected chi connectivity index (χ2v) is 6.04. The molecule has 1 saturated heterocycles. The maximum atomic E-state index is 5.66. The van der Waals surface area contributed by atoms with Crippen LogP contribution in [0.15, 0.2) is 0 Å².